The van der Waals surface area contributed by atoms with Gasteiger partial charge in [-0.15, -0.1) is 21.5 Å². The van der Waals surface area contributed by atoms with E-state index in [2.05, 4.69) is 25.5 Å². The summed E-state index contributed by atoms with van der Waals surface area (Å²) in [4.78, 5) is 21.0. The van der Waals surface area contributed by atoms with Gasteiger partial charge in [-0.3, -0.25) is 14.3 Å². The smallest absolute Gasteiger partial charge is 0.271 e. The molecular weight excluding hydrogens is 468 g/mol. The third-order valence-corrected chi connectivity index (χ3v) is 7.01. The molecule has 1 amide bonds. The second-order valence-corrected chi connectivity index (χ2v) is 9.24. The molecule has 0 aliphatic rings. The van der Waals surface area contributed by atoms with Crippen molar-refractivity contribution in [2.45, 2.75) is 24.4 Å². The van der Waals surface area contributed by atoms with E-state index in [0.29, 0.717) is 29.6 Å². The zero-order valence-electron chi connectivity index (χ0n) is 18.2. The molecule has 34 heavy (non-hydrogen) atoms. The average molecular weight is 489 g/mol. The van der Waals surface area contributed by atoms with Crippen LogP contribution in [0.4, 0.5) is 0 Å². The van der Waals surface area contributed by atoms with Crippen molar-refractivity contribution in [3.8, 4) is 17.3 Å². The van der Waals surface area contributed by atoms with Crippen LogP contribution in [0.3, 0.4) is 0 Å². The van der Waals surface area contributed by atoms with E-state index >= 15 is 0 Å². The monoisotopic (exact) mass is 488 g/mol. The van der Waals surface area contributed by atoms with Gasteiger partial charge in [-0.25, -0.2) is 4.98 Å². The Labute approximate surface area is 204 Å². The van der Waals surface area contributed by atoms with Gasteiger partial charge in [-0.2, -0.15) is 0 Å². The quantitative estimate of drug-likeness (QED) is 0.310. The van der Waals surface area contributed by atoms with Gasteiger partial charge >= 0.3 is 0 Å². The van der Waals surface area contributed by atoms with Gasteiger partial charge in [0.25, 0.3) is 5.91 Å². The van der Waals surface area contributed by atoms with E-state index in [4.69, 9.17) is 4.42 Å². The predicted octanol–water partition coefficient (Wildman–Crippen LogP) is 4.91. The van der Waals surface area contributed by atoms with Crippen LogP contribution < -0.4 is 5.32 Å². The summed E-state index contributed by atoms with van der Waals surface area (Å²) in [6, 6.07) is 15.5. The lowest BCUT2D eigenvalue weighted by Gasteiger charge is -2.11. The number of nitrogens with zero attached hydrogens (tertiary/aromatic N) is 5. The van der Waals surface area contributed by atoms with Gasteiger partial charge in [-0.05, 0) is 48.4 Å². The number of amides is 1. The molecule has 0 saturated heterocycles. The number of nitrogens with one attached hydrogen (secondary N) is 1. The van der Waals surface area contributed by atoms with E-state index in [9.17, 15) is 4.79 Å². The molecule has 4 aromatic heterocycles. The van der Waals surface area contributed by atoms with Crippen molar-refractivity contribution < 1.29 is 9.21 Å². The Kier molecular flexibility index (Phi) is 6.50. The normalized spacial score (nSPS) is 11.0. The van der Waals surface area contributed by atoms with E-state index in [-0.39, 0.29) is 5.91 Å². The lowest BCUT2D eigenvalue weighted by Crippen LogP contribution is -2.23. The topological polar surface area (TPSA) is 98.7 Å². The highest BCUT2D eigenvalue weighted by Crippen LogP contribution is 2.31. The fourth-order valence-electron chi connectivity index (χ4n) is 3.34. The van der Waals surface area contributed by atoms with Crippen LogP contribution in [0.2, 0.25) is 0 Å². The third-order valence-electron chi connectivity index (χ3n) is 5.04. The summed E-state index contributed by atoms with van der Waals surface area (Å²) in [6.07, 6.45) is 5.02. The lowest BCUT2D eigenvalue weighted by molar-refractivity contribution is 0.0946. The molecule has 0 radical (unpaired) electrons. The lowest BCUT2D eigenvalue weighted by atomic mass is 10.2. The Hall–Kier alpha value is -3.76. The first-order chi connectivity index (χ1) is 16.7. The number of benzene rings is 1. The van der Waals surface area contributed by atoms with E-state index in [1.54, 1.807) is 24.0 Å². The molecule has 10 heteroatoms. The molecule has 0 fully saturated rings. The maximum absolute atomic E-state index is 12.5. The van der Waals surface area contributed by atoms with E-state index < -0.39 is 0 Å². The van der Waals surface area contributed by atoms with Crippen molar-refractivity contribution in [2.24, 2.45) is 0 Å². The fraction of sp³-hybridized carbons (Fsp3) is 0.125. The van der Waals surface area contributed by atoms with E-state index in [0.717, 1.165) is 27.0 Å². The molecule has 170 valence electrons. The second kappa shape index (κ2) is 10.0. The molecule has 8 nitrogen and oxygen atoms in total. The van der Waals surface area contributed by atoms with Gasteiger partial charge in [0.1, 0.15) is 10.7 Å². The summed E-state index contributed by atoms with van der Waals surface area (Å²) in [5, 5.41) is 15.0. The molecule has 0 atom stereocenters. The first-order valence-electron chi connectivity index (χ1n) is 10.5. The number of pyridine rings is 1. The van der Waals surface area contributed by atoms with Crippen LogP contribution in [-0.2, 0) is 12.3 Å². The molecule has 0 aliphatic carbocycles. The minimum absolute atomic E-state index is 0.201. The van der Waals surface area contributed by atoms with Crippen molar-refractivity contribution in [2.75, 3.05) is 0 Å². The minimum atomic E-state index is -0.201. The van der Waals surface area contributed by atoms with Gasteiger partial charge in [0, 0.05) is 24.3 Å². The molecule has 1 aromatic carbocycles. The Morgan fingerprint density at radius 2 is 1.97 bits per heavy atom. The molecule has 0 spiro atoms. The maximum Gasteiger partial charge on any atom is 0.271 e. The highest BCUT2D eigenvalue weighted by Gasteiger charge is 2.20. The minimum Gasteiger partial charge on any atom is -0.461 e. The highest BCUT2D eigenvalue weighted by molar-refractivity contribution is 7.98. The average Bonchev–Trinajstić information content (AvgIpc) is 3.63. The van der Waals surface area contributed by atoms with Gasteiger partial charge in [0.05, 0.1) is 17.7 Å². The largest absolute Gasteiger partial charge is 0.461 e. The number of thioether (sulfide) groups is 1. The number of furan rings is 1. The first-order valence-corrected chi connectivity index (χ1v) is 12.3. The van der Waals surface area contributed by atoms with Crippen molar-refractivity contribution >= 4 is 29.0 Å². The number of hydrogen-bond acceptors (Lipinski definition) is 8. The first kappa shape index (κ1) is 22.1. The van der Waals surface area contributed by atoms with Crippen LogP contribution in [0.1, 0.15) is 26.6 Å². The van der Waals surface area contributed by atoms with Crippen molar-refractivity contribution in [3.05, 3.63) is 94.4 Å². The number of para-hydroxylation sites is 1. The van der Waals surface area contributed by atoms with Crippen molar-refractivity contribution in [3.63, 3.8) is 0 Å². The molecule has 0 bridgehead atoms. The summed E-state index contributed by atoms with van der Waals surface area (Å²) < 4.78 is 7.59. The Morgan fingerprint density at radius 3 is 2.76 bits per heavy atom. The van der Waals surface area contributed by atoms with Crippen LogP contribution in [0.15, 0.2) is 82.1 Å². The van der Waals surface area contributed by atoms with Crippen LogP contribution >= 0.6 is 23.1 Å². The third kappa shape index (κ3) is 4.78. The SMILES string of the molecule is Cc1ccccc1-n1c(SCc2nc(C(=O)NCc3ccncc3)cs2)nnc1-c1ccco1. The van der Waals surface area contributed by atoms with Gasteiger partial charge in [-0.1, -0.05) is 30.0 Å². The molecule has 1 N–H and O–H groups in total. The predicted molar refractivity (Wildman–Crippen MR) is 131 cm³/mol. The summed E-state index contributed by atoms with van der Waals surface area (Å²) >= 11 is 2.96. The van der Waals surface area contributed by atoms with Crippen molar-refractivity contribution in [1.82, 2.24) is 30.0 Å². The Morgan fingerprint density at radius 1 is 1.12 bits per heavy atom. The molecule has 5 aromatic rings. The number of carbonyl (C=O) groups excluding carboxylic acids is 1. The molecule has 0 aliphatic heterocycles. The van der Waals surface area contributed by atoms with Gasteiger partial charge < -0.3 is 9.73 Å². The summed E-state index contributed by atoms with van der Waals surface area (Å²) in [7, 11) is 0. The number of thiazole rings is 1. The fourth-order valence-corrected chi connectivity index (χ4v) is 5.08. The van der Waals surface area contributed by atoms with Crippen LogP contribution in [-0.4, -0.2) is 30.6 Å². The summed E-state index contributed by atoms with van der Waals surface area (Å²) in [5.74, 6) is 1.64. The number of aromatic nitrogens is 5. The van der Waals surface area contributed by atoms with Crippen LogP contribution in [0, 0.1) is 6.92 Å². The maximum atomic E-state index is 12.5. The van der Waals surface area contributed by atoms with Crippen LogP contribution in [0.5, 0.6) is 0 Å². The van der Waals surface area contributed by atoms with E-state index in [1.807, 2.05) is 60.0 Å². The zero-order chi connectivity index (χ0) is 23.3. The van der Waals surface area contributed by atoms with Crippen LogP contribution in [0.25, 0.3) is 17.3 Å². The van der Waals surface area contributed by atoms with Gasteiger partial charge in [0.2, 0.25) is 5.82 Å². The standard InChI is InChI=1S/C24H20N6O2S2/c1-16-5-2-3-6-19(16)30-22(20-7-4-12-32-20)28-29-24(30)34-15-21-27-18(14-33-21)23(31)26-13-17-8-10-25-11-9-17/h2-12,14H,13,15H2,1H3,(H,26,31). The Bertz CT molecular complexity index is 1400. The van der Waals surface area contributed by atoms with Gasteiger partial charge in [0.15, 0.2) is 10.9 Å². The molecule has 0 unspecified atom stereocenters. The summed E-state index contributed by atoms with van der Waals surface area (Å²) in [5.41, 5.74) is 3.47. The molecule has 0 saturated carbocycles. The zero-order valence-corrected chi connectivity index (χ0v) is 19.8. The number of aryl methyl sites for hydroxylation is 1. The molecule has 5 rings (SSSR count). The van der Waals surface area contributed by atoms with Crippen molar-refractivity contribution in [1.29, 1.82) is 0 Å². The molecular formula is C24H20N6O2S2. The second-order valence-electron chi connectivity index (χ2n) is 7.36. The highest BCUT2D eigenvalue weighted by atomic mass is 32.2. The molecule has 4 heterocycles. The number of hydrogen-bond donors (Lipinski definition) is 1. The Balaban J connectivity index is 1.32. The number of rotatable bonds is 8. The van der Waals surface area contributed by atoms with E-state index in [1.165, 1.54) is 23.1 Å². The summed E-state index contributed by atoms with van der Waals surface area (Å²) in [6.45, 7) is 2.48. The number of carbonyl (C=O) groups is 1.